The van der Waals surface area contributed by atoms with E-state index in [1.807, 2.05) is 0 Å². The first-order chi connectivity index (χ1) is 11.5. The van der Waals surface area contributed by atoms with Crippen molar-refractivity contribution in [1.82, 2.24) is 0 Å². The first-order valence-corrected chi connectivity index (χ1v) is 8.09. The summed E-state index contributed by atoms with van der Waals surface area (Å²) in [6.45, 7) is 0.212. The maximum Gasteiger partial charge on any atom is 0.294 e. The molecular weight excluding hydrogens is 312 g/mol. The molecule has 8 nitrogen and oxygen atoms in total. The topological polar surface area (TPSA) is 127 Å². The van der Waals surface area contributed by atoms with E-state index in [4.69, 9.17) is 5.73 Å². The number of carbonyl (C=O) groups is 2. The third kappa shape index (κ3) is 4.94. The van der Waals surface area contributed by atoms with Gasteiger partial charge in [-0.15, -0.1) is 0 Å². The van der Waals surface area contributed by atoms with Crippen molar-refractivity contribution in [3.05, 3.63) is 28.3 Å². The summed E-state index contributed by atoms with van der Waals surface area (Å²) in [5.74, 6) is -0.592. The Morgan fingerprint density at radius 3 is 2.58 bits per heavy atom. The summed E-state index contributed by atoms with van der Waals surface area (Å²) < 4.78 is 0. The number of amides is 2. The third-order valence-electron chi connectivity index (χ3n) is 4.12. The predicted octanol–water partition coefficient (Wildman–Crippen LogP) is 2.40. The van der Waals surface area contributed by atoms with Gasteiger partial charge in [-0.3, -0.25) is 19.7 Å². The lowest BCUT2D eigenvalue weighted by molar-refractivity contribution is -0.383. The molecule has 1 aliphatic carbocycles. The number of nitrogens with zero attached hydrogens (tertiary/aromatic N) is 1. The predicted molar refractivity (Wildman–Crippen MR) is 90.6 cm³/mol. The summed E-state index contributed by atoms with van der Waals surface area (Å²) in [4.78, 5) is 33.7. The molecule has 24 heavy (non-hydrogen) atoms. The van der Waals surface area contributed by atoms with Gasteiger partial charge in [0.1, 0.15) is 5.69 Å². The Balaban J connectivity index is 2.05. The standard InChI is InChI=1S/C16H22N4O4/c17-15(21)8-9-18-13-7-6-12(10-14(13)20(23)24)19-16(22)11-4-2-1-3-5-11/h6-7,10-11,18H,1-5,8-9H2,(H2,17,21)(H,19,22). The van der Waals surface area contributed by atoms with Gasteiger partial charge >= 0.3 is 0 Å². The molecule has 0 saturated heterocycles. The number of carbonyl (C=O) groups excluding carboxylic acids is 2. The van der Waals surface area contributed by atoms with E-state index < -0.39 is 10.8 Å². The highest BCUT2D eigenvalue weighted by Gasteiger charge is 2.22. The SMILES string of the molecule is NC(=O)CCNc1ccc(NC(=O)C2CCCCC2)cc1[N+](=O)[O-]. The van der Waals surface area contributed by atoms with E-state index in [-0.39, 0.29) is 36.2 Å². The summed E-state index contributed by atoms with van der Waals surface area (Å²) >= 11 is 0. The Hall–Kier alpha value is -2.64. The van der Waals surface area contributed by atoms with Crippen LogP contribution in [0.5, 0.6) is 0 Å². The molecule has 2 rings (SSSR count). The number of benzene rings is 1. The molecule has 130 valence electrons. The Bertz CT molecular complexity index is 627. The van der Waals surface area contributed by atoms with Crippen molar-refractivity contribution in [3.8, 4) is 0 Å². The van der Waals surface area contributed by atoms with Gasteiger partial charge in [-0.2, -0.15) is 0 Å². The Morgan fingerprint density at radius 1 is 1.25 bits per heavy atom. The molecule has 1 aromatic carbocycles. The third-order valence-corrected chi connectivity index (χ3v) is 4.12. The van der Waals surface area contributed by atoms with Crippen molar-refractivity contribution < 1.29 is 14.5 Å². The molecule has 0 unspecified atom stereocenters. The van der Waals surface area contributed by atoms with E-state index in [9.17, 15) is 19.7 Å². The molecule has 1 fully saturated rings. The average Bonchev–Trinajstić information content (AvgIpc) is 2.56. The highest BCUT2D eigenvalue weighted by atomic mass is 16.6. The number of nitro benzene ring substituents is 1. The van der Waals surface area contributed by atoms with E-state index in [0.717, 1.165) is 32.1 Å². The van der Waals surface area contributed by atoms with Crippen molar-refractivity contribution in [1.29, 1.82) is 0 Å². The minimum absolute atomic E-state index is 0.0221. The smallest absolute Gasteiger partial charge is 0.294 e. The Kier molecular flexibility index (Phi) is 6.11. The van der Waals surface area contributed by atoms with Crippen molar-refractivity contribution in [2.24, 2.45) is 11.7 Å². The van der Waals surface area contributed by atoms with Gasteiger partial charge in [-0.05, 0) is 25.0 Å². The summed E-state index contributed by atoms with van der Waals surface area (Å²) in [7, 11) is 0. The average molecular weight is 334 g/mol. The van der Waals surface area contributed by atoms with Crippen LogP contribution in [0.15, 0.2) is 18.2 Å². The fraction of sp³-hybridized carbons (Fsp3) is 0.500. The maximum atomic E-state index is 12.2. The first-order valence-electron chi connectivity index (χ1n) is 8.09. The molecular formula is C16H22N4O4. The quantitative estimate of drug-likeness (QED) is 0.521. The van der Waals surface area contributed by atoms with Crippen molar-refractivity contribution in [3.63, 3.8) is 0 Å². The normalized spacial score (nSPS) is 14.8. The van der Waals surface area contributed by atoms with Gasteiger partial charge in [0.2, 0.25) is 11.8 Å². The van der Waals surface area contributed by atoms with E-state index in [1.54, 1.807) is 6.07 Å². The second-order valence-corrected chi connectivity index (χ2v) is 5.96. The number of hydrogen-bond acceptors (Lipinski definition) is 5. The monoisotopic (exact) mass is 334 g/mol. The summed E-state index contributed by atoms with van der Waals surface area (Å²) in [5, 5.41) is 16.8. The van der Waals surface area contributed by atoms with Crippen molar-refractivity contribution >= 4 is 28.9 Å². The number of rotatable bonds is 7. The van der Waals surface area contributed by atoms with E-state index in [0.29, 0.717) is 5.69 Å². The van der Waals surface area contributed by atoms with Gasteiger partial charge in [0.25, 0.3) is 5.69 Å². The van der Waals surface area contributed by atoms with Gasteiger partial charge in [0.15, 0.2) is 0 Å². The minimum atomic E-state index is -0.525. The van der Waals surface area contributed by atoms with Crippen LogP contribution >= 0.6 is 0 Å². The second-order valence-electron chi connectivity index (χ2n) is 5.96. The van der Waals surface area contributed by atoms with Gasteiger partial charge < -0.3 is 16.4 Å². The molecule has 1 aliphatic rings. The zero-order valence-electron chi connectivity index (χ0n) is 13.4. The van der Waals surface area contributed by atoms with E-state index in [1.165, 1.54) is 12.1 Å². The fourth-order valence-electron chi connectivity index (χ4n) is 2.84. The molecule has 0 aliphatic heterocycles. The molecule has 0 atom stereocenters. The van der Waals surface area contributed by atoms with Crippen LogP contribution in [0.1, 0.15) is 38.5 Å². The molecule has 0 heterocycles. The van der Waals surface area contributed by atoms with Crippen molar-refractivity contribution in [2.75, 3.05) is 17.2 Å². The van der Waals surface area contributed by atoms with Crippen LogP contribution in [0, 0.1) is 16.0 Å². The fourth-order valence-corrected chi connectivity index (χ4v) is 2.84. The van der Waals surface area contributed by atoms with Crippen LogP contribution in [-0.2, 0) is 9.59 Å². The highest BCUT2D eigenvalue weighted by molar-refractivity contribution is 5.93. The number of primary amides is 1. The number of anilines is 2. The summed E-state index contributed by atoms with van der Waals surface area (Å²) in [6.07, 6.45) is 5.04. The lowest BCUT2D eigenvalue weighted by Gasteiger charge is -2.20. The molecule has 1 aromatic rings. The molecule has 2 amide bonds. The lowest BCUT2D eigenvalue weighted by atomic mass is 9.88. The van der Waals surface area contributed by atoms with Crippen LogP contribution < -0.4 is 16.4 Å². The van der Waals surface area contributed by atoms with Crippen LogP contribution in [-0.4, -0.2) is 23.3 Å². The number of nitrogens with two attached hydrogens (primary N) is 1. The van der Waals surface area contributed by atoms with Gasteiger partial charge in [-0.1, -0.05) is 19.3 Å². The number of nitro groups is 1. The zero-order chi connectivity index (χ0) is 17.5. The minimum Gasteiger partial charge on any atom is -0.379 e. The zero-order valence-corrected chi connectivity index (χ0v) is 13.4. The van der Waals surface area contributed by atoms with E-state index in [2.05, 4.69) is 10.6 Å². The second kappa shape index (κ2) is 8.28. The molecule has 0 aromatic heterocycles. The largest absolute Gasteiger partial charge is 0.379 e. The van der Waals surface area contributed by atoms with Gasteiger partial charge in [0.05, 0.1) is 4.92 Å². The molecule has 1 saturated carbocycles. The van der Waals surface area contributed by atoms with Crippen molar-refractivity contribution in [2.45, 2.75) is 38.5 Å². The van der Waals surface area contributed by atoms with E-state index >= 15 is 0 Å². The van der Waals surface area contributed by atoms with Crippen LogP contribution in [0.25, 0.3) is 0 Å². The highest BCUT2D eigenvalue weighted by Crippen LogP contribution is 2.29. The number of hydrogen-bond donors (Lipinski definition) is 3. The Labute approximate surface area is 139 Å². The molecule has 8 heteroatoms. The molecule has 0 bridgehead atoms. The van der Waals surface area contributed by atoms with Gasteiger partial charge in [-0.25, -0.2) is 0 Å². The lowest BCUT2D eigenvalue weighted by Crippen LogP contribution is -2.24. The molecule has 4 N–H and O–H groups in total. The van der Waals surface area contributed by atoms with Gasteiger partial charge in [0, 0.05) is 30.6 Å². The van der Waals surface area contributed by atoms with Crippen LogP contribution in [0.2, 0.25) is 0 Å². The van der Waals surface area contributed by atoms with Crippen LogP contribution in [0.3, 0.4) is 0 Å². The molecule has 0 spiro atoms. The summed E-state index contributed by atoms with van der Waals surface area (Å²) in [5.41, 5.74) is 5.58. The Morgan fingerprint density at radius 2 is 1.96 bits per heavy atom. The summed E-state index contributed by atoms with van der Waals surface area (Å²) in [6, 6.07) is 4.46. The maximum absolute atomic E-state index is 12.2. The van der Waals surface area contributed by atoms with Crippen LogP contribution in [0.4, 0.5) is 17.1 Å². The first kappa shape index (κ1) is 17.7. The molecule has 0 radical (unpaired) electrons. The number of nitrogens with one attached hydrogen (secondary N) is 2.